The molecule has 13 heavy (non-hydrogen) atoms. The highest BCUT2D eigenvalue weighted by molar-refractivity contribution is 5.96. The zero-order chi connectivity index (χ0) is 8.55. The number of amidine groups is 1. The first-order valence-electron chi connectivity index (χ1n) is 4.11. The Morgan fingerprint density at radius 2 is 2.38 bits per heavy atom. The van der Waals surface area contributed by atoms with Crippen molar-refractivity contribution < 1.29 is 17.5 Å². The number of hydrogen-bond donors (Lipinski definition) is 1. The highest BCUT2D eigenvalue weighted by Crippen LogP contribution is 2.12. The van der Waals surface area contributed by atoms with E-state index in [1.165, 1.54) is 5.57 Å². The predicted molar refractivity (Wildman–Crippen MR) is 47.9 cm³/mol. The van der Waals surface area contributed by atoms with Crippen molar-refractivity contribution in [3.8, 4) is 0 Å². The van der Waals surface area contributed by atoms with E-state index in [1.54, 1.807) is 0 Å². The number of halogens is 1. The van der Waals surface area contributed by atoms with Gasteiger partial charge in [-0.15, -0.1) is 0 Å². The third kappa shape index (κ3) is 2.11. The lowest BCUT2D eigenvalue weighted by Gasteiger charge is -2.29. The Balaban J connectivity index is 0.000000845. The molecule has 0 bridgehead atoms. The maximum atomic E-state index is 9.31. The van der Waals surface area contributed by atoms with Gasteiger partial charge >= 0.3 is 0 Å². The number of fused-ring (bicyclic) bond motifs is 1. The summed E-state index contributed by atoms with van der Waals surface area (Å²) in [5, 5.41) is 9.31. The minimum absolute atomic E-state index is 0. The van der Waals surface area contributed by atoms with Gasteiger partial charge < -0.3 is 22.4 Å². The van der Waals surface area contributed by atoms with Gasteiger partial charge in [-0.25, -0.2) is 0 Å². The summed E-state index contributed by atoms with van der Waals surface area (Å²) in [5.74, 6) is 0.973. The third-order valence-electron chi connectivity index (χ3n) is 2.04. The first-order valence-corrected chi connectivity index (χ1v) is 4.11. The van der Waals surface area contributed by atoms with Crippen molar-refractivity contribution in [2.24, 2.45) is 4.99 Å². The van der Waals surface area contributed by atoms with E-state index in [4.69, 9.17) is 0 Å². The van der Waals surface area contributed by atoms with Crippen LogP contribution in [0.5, 0.6) is 0 Å². The SMILES string of the molecule is CC1=CC2=NCC(O)CN2C=C1.[Cl-]. The van der Waals surface area contributed by atoms with E-state index in [9.17, 15) is 5.11 Å². The second kappa shape index (κ2) is 3.94. The predicted octanol–water partition coefficient (Wildman–Crippen LogP) is -2.46. The van der Waals surface area contributed by atoms with E-state index in [1.807, 2.05) is 30.2 Å². The maximum absolute atomic E-state index is 9.31. The number of nitrogens with zero attached hydrogens (tertiary/aromatic N) is 2. The van der Waals surface area contributed by atoms with Crippen molar-refractivity contribution in [3.63, 3.8) is 0 Å². The number of hydrogen-bond acceptors (Lipinski definition) is 3. The summed E-state index contributed by atoms with van der Waals surface area (Å²) in [4.78, 5) is 6.22. The van der Waals surface area contributed by atoms with Crippen molar-refractivity contribution in [1.29, 1.82) is 0 Å². The molecule has 0 aromatic rings. The molecule has 2 heterocycles. The quantitative estimate of drug-likeness (QED) is 0.470. The van der Waals surface area contributed by atoms with Gasteiger partial charge in [0.25, 0.3) is 0 Å². The molecule has 0 amide bonds. The average molecular weight is 200 g/mol. The highest BCUT2D eigenvalue weighted by Gasteiger charge is 2.19. The summed E-state index contributed by atoms with van der Waals surface area (Å²) in [6.45, 7) is 3.24. The standard InChI is InChI=1S/C9H12N2O.ClH/c1-7-2-3-11-6-8(12)5-10-9(11)4-7;/h2-4,8,12H,5-6H2,1H3;1H/p-1. The Morgan fingerprint density at radius 1 is 1.62 bits per heavy atom. The van der Waals surface area contributed by atoms with E-state index in [0.717, 1.165) is 5.84 Å². The van der Waals surface area contributed by atoms with Gasteiger partial charge in [-0.1, -0.05) is 0 Å². The van der Waals surface area contributed by atoms with Gasteiger partial charge in [-0.05, 0) is 24.6 Å². The van der Waals surface area contributed by atoms with E-state index in [0.29, 0.717) is 13.1 Å². The van der Waals surface area contributed by atoms with Crippen LogP contribution in [0.3, 0.4) is 0 Å². The zero-order valence-electron chi connectivity index (χ0n) is 7.44. The number of aliphatic hydroxyl groups is 1. The highest BCUT2D eigenvalue weighted by atomic mass is 35.5. The van der Waals surface area contributed by atoms with Crippen LogP contribution in [0, 0.1) is 0 Å². The Hall–Kier alpha value is -0.800. The largest absolute Gasteiger partial charge is 1.00 e. The van der Waals surface area contributed by atoms with Crippen LogP contribution in [-0.2, 0) is 0 Å². The molecule has 2 aliphatic rings. The fourth-order valence-electron chi connectivity index (χ4n) is 1.39. The molecule has 0 radical (unpaired) electrons. The molecular weight excluding hydrogens is 188 g/mol. The molecule has 0 saturated heterocycles. The molecule has 72 valence electrons. The molecule has 2 aliphatic heterocycles. The van der Waals surface area contributed by atoms with Crippen molar-refractivity contribution >= 4 is 5.84 Å². The van der Waals surface area contributed by atoms with Crippen LogP contribution < -0.4 is 12.4 Å². The lowest BCUT2D eigenvalue weighted by molar-refractivity contribution is -0.00000437. The fourth-order valence-corrected chi connectivity index (χ4v) is 1.39. The Bertz CT molecular complexity index is 283. The molecule has 1 N–H and O–H groups in total. The number of allylic oxidation sites excluding steroid dienone is 2. The first kappa shape index (κ1) is 10.3. The van der Waals surface area contributed by atoms with Crippen LogP contribution in [0.15, 0.2) is 28.9 Å². The zero-order valence-corrected chi connectivity index (χ0v) is 8.20. The molecule has 0 aromatic carbocycles. The van der Waals surface area contributed by atoms with E-state index < -0.39 is 0 Å². The number of rotatable bonds is 0. The summed E-state index contributed by atoms with van der Waals surface area (Å²) >= 11 is 0. The lowest BCUT2D eigenvalue weighted by Crippen LogP contribution is -3.00. The Kier molecular flexibility index (Phi) is 3.12. The van der Waals surface area contributed by atoms with E-state index in [2.05, 4.69) is 4.99 Å². The molecular formula is C9H12ClN2O-. The summed E-state index contributed by atoms with van der Waals surface area (Å²) in [7, 11) is 0. The van der Waals surface area contributed by atoms with Crippen LogP contribution in [0.4, 0.5) is 0 Å². The van der Waals surface area contributed by atoms with Crippen LogP contribution in [0.25, 0.3) is 0 Å². The van der Waals surface area contributed by atoms with Crippen molar-refractivity contribution in [1.82, 2.24) is 4.90 Å². The Morgan fingerprint density at radius 3 is 3.15 bits per heavy atom. The Labute approximate surface area is 83.9 Å². The van der Waals surface area contributed by atoms with Gasteiger partial charge in [0.2, 0.25) is 0 Å². The molecule has 2 rings (SSSR count). The van der Waals surface area contributed by atoms with Gasteiger partial charge in [0.05, 0.1) is 19.2 Å². The lowest BCUT2D eigenvalue weighted by atomic mass is 10.1. The molecule has 0 spiro atoms. The summed E-state index contributed by atoms with van der Waals surface area (Å²) in [5.41, 5.74) is 1.21. The van der Waals surface area contributed by atoms with Gasteiger partial charge in [0.15, 0.2) is 0 Å². The molecule has 1 unspecified atom stereocenters. The normalized spacial score (nSPS) is 25.7. The molecule has 0 aliphatic carbocycles. The minimum atomic E-state index is -0.315. The first-order chi connectivity index (χ1) is 5.75. The monoisotopic (exact) mass is 199 g/mol. The van der Waals surface area contributed by atoms with Gasteiger partial charge in [0, 0.05) is 6.20 Å². The molecule has 0 aromatic heterocycles. The average Bonchev–Trinajstić information content (AvgIpc) is 2.05. The molecule has 0 saturated carbocycles. The van der Waals surface area contributed by atoms with Crippen LogP contribution in [0.1, 0.15) is 6.92 Å². The molecule has 3 nitrogen and oxygen atoms in total. The van der Waals surface area contributed by atoms with Crippen molar-refractivity contribution in [2.45, 2.75) is 13.0 Å². The topological polar surface area (TPSA) is 35.8 Å². The number of aliphatic imine (C=N–C) groups is 1. The van der Waals surface area contributed by atoms with Gasteiger partial charge in [-0.2, -0.15) is 0 Å². The molecule has 4 heteroatoms. The van der Waals surface area contributed by atoms with E-state index in [-0.39, 0.29) is 18.5 Å². The van der Waals surface area contributed by atoms with Crippen LogP contribution in [0.2, 0.25) is 0 Å². The smallest absolute Gasteiger partial charge is 0.127 e. The third-order valence-corrected chi connectivity index (χ3v) is 2.04. The van der Waals surface area contributed by atoms with Crippen LogP contribution in [-0.4, -0.2) is 35.0 Å². The maximum Gasteiger partial charge on any atom is 0.127 e. The second-order valence-corrected chi connectivity index (χ2v) is 3.21. The van der Waals surface area contributed by atoms with Crippen molar-refractivity contribution in [3.05, 3.63) is 23.9 Å². The molecule has 0 fully saturated rings. The van der Waals surface area contributed by atoms with E-state index >= 15 is 0 Å². The second-order valence-electron chi connectivity index (χ2n) is 3.21. The minimum Gasteiger partial charge on any atom is -1.00 e. The van der Waals surface area contributed by atoms with Gasteiger partial charge in [-0.3, -0.25) is 4.99 Å². The summed E-state index contributed by atoms with van der Waals surface area (Å²) in [6.07, 6.45) is 5.71. The van der Waals surface area contributed by atoms with Crippen LogP contribution >= 0.6 is 0 Å². The number of aliphatic hydroxyl groups excluding tert-OH is 1. The fraction of sp³-hybridized carbons (Fsp3) is 0.444. The van der Waals surface area contributed by atoms with Crippen molar-refractivity contribution in [2.75, 3.05) is 13.1 Å². The summed E-state index contributed by atoms with van der Waals surface area (Å²) < 4.78 is 0. The molecule has 1 atom stereocenters. The van der Waals surface area contributed by atoms with Gasteiger partial charge in [0.1, 0.15) is 5.84 Å². The summed E-state index contributed by atoms with van der Waals surface area (Å²) in [6, 6.07) is 0.